The van der Waals surface area contributed by atoms with Crippen molar-refractivity contribution in [3.8, 4) is 0 Å². The summed E-state index contributed by atoms with van der Waals surface area (Å²) in [6.07, 6.45) is 5.21. The van der Waals surface area contributed by atoms with Gasteiger partial charge in [0, 0.05) is 12.7 Å². The highest BCUT2D eigenvalue weighted by molar-refractivity contribution is 7.89. The lowest BCUT2D eigenvalue weighted by atomic mass is 10.1. The van der Waals surface area contributed by atoms with Crippen molar-refractivity contribution in [2.45, 2.75) is 44.7 Å². The zero-order valence-electron chi connectivity index (χ0n) is 18.5. The van der Waals surface area contributed by atoms with Crippen LogP contribution in [0.2, 0.25) is 0 Å². The summed E-state index contributed by atoms with van der Waals surface area (Å²) in [6, 6.07) is 7.53. The fourth-order valence-electron chi connectivity index (χ4n) is 3.42. The molecule has 9 heteroatoms. The van der Waals surface area contributed by atoms with E-state index in [0.29, 0.717) is 13.0 Å². The van der Waals surface area contributed by atoms with E-state index >= 15 is 0 Å². The van der Waals surface area contributed by atoms with Crippen LogP contribution in [0.4, 0.5) is 0 Å². The zero-order valence-corrected chi connectivity index (χ0v) is 19.3. The Labute approximate surface area is 188 Å². The van der Waals surface area contributed by atoms with Gasteiger partial charge in [0.05, 0.1) is 16.6 Å². The number of imidazole rings is 1. The molecule has 1 atom stereocenters. The number of esters is 1. The summed E-state index contributed by atoms with van der Waals surface area (Å²) in [5.41, 5.74) is 2.70. The lowest BCUT2D eigenvalue weighted by Crippen LogP contribution is -2.42. The predicted octanol–water partition coefficient (Wildman–Crippen LogP) is 3.21. The van der Waals surface area contributed by atoms with Crippen molar-refractivity contribution >= 4 is 27.0 Å². The molecule has 0 spiro atoms. The Hall–Kier alpha value is -3.04. The van der Waals surface area contributed by atoms with E-state index in [-0.39, 0.29) is 17.4 Å². The van der Waals surface area contributed by atoms with E-state index < -0.39 is 22.0 Å². The number of nitrogens with zero attached hydrogens (tertiary/aromatic N) is 3. The number of hydrogen-bond donors (Lipinski definition) is 1. The van der Waals surface area contributed by atoms with Crippen molar-refractivity contribution in [2.24, 2.45) is 5.92 Å². The number of benzene rings is 1. The molecule has 0 amide bonds. The highest BCUT2D eigenvalue weighted by Crippen LogP contribution is 2.19. The molecule has 0 aliphatic rings. The van der Waals surface area contributed by atoms with Gasteiger partial charge in [0.15, 0.2) is 0 Å². The minimum Gasteiger partial charge on any atom is -0.460 e. The molecule has 0 saturated carbocycles. The molecule has 0 aliphatic heterocycles. The third-order valence-electron chi connectivity index (χ3n) is 4.95. The molecule has 3 rings (SSSR count). The van der Waals surface area contributed by atoms with E-state index in [0.717, 1.165) is 22.4 Å². The first-order chi connectivity index (χ1) is 15.2. The van der Waals surface area contributed by atoms with Crippen LogP contribution in [0.3, 0.4) is 0 Å². The predicted molar refractivity (Wildman–Crippen MR) is 123 cm³/mol. The van der Waals surface area contributed by atoms with Crippen molar-refractivity contribution in [1.29, 1.82) is 0 Å². The van der Waals surface area contributed by atoms with Crippen LogP contribution >= 0.6 is 0 Å². The normalized spacial score (nSPS) is 12.8. The molecular weight excluding hydrogens is 428 g/mol. The maximum Gasteiger partial charge on any atom is 0.324 e. The number of ether oxygens (including phenoxy) is 1. The molecule has 1 N–H and O–H groups in total. The molecule has 2 aromatic heterocycles. The molecule has 0 radical (unpaired) electrons. The highest BCUT2D eigenvalue weighted by atomic mass is 32.2. The maximum absolute atomic E-state index is 12.9. The lowest BCUT2D eigenvalue weighted by Gasteiger charge is -2.19. The lowest BCUT2D eigenvalue weighted by molar-refractivity contribution is -0.144. The Balaban J connectivity index is 1.78. The van der Waals surface area contributed by atoms with E-state index in [9.17, 15) is 13.2 Å². The first-order valence-corrected chi connectivity index (χ1v) is 11.8. The zero-order chi connectivity index (χ0) is 23.3. The Bertz CT molecular complexity index is 1200. The minimum atomic E-state index is -3.90. The number of carbonyl (C=O) groups excluding carboxylic acids is 1. The number of sulfonamides is 1. The fraction of sp³-hybridized carbons (Fsp3) is 0.348. The molecule has 32 heavy (non-hydrogen) atoms. The topological polar surface area (TPSA) is 103 Å². The van der Waals surface area contributed by atoms with Crippen molar-refractivity contribution in [2.75, 3.05) is 6.61 Å². The first-order valence-electron chi connectivity index (χ1n) is 10.4. The molecule has 8 nitrogen and oxygen atoms in total. The largest absolute Gasteiger partial charge is 0.460 e. The molecular formula is C23H28N4O4S. The minimum absolute atomic E-state index is 0.0300. The van der Waals surface area contributed by atoms with Gasteiger partial charge < -0.3 is 9.30 Å². The van der Waals surface area contributed by atoms with Crippen molar-refractivity contribution in [3.63, 3.8) is 0 Å². The number of fused-ring (bicyclic) bond motifs is 1. The third-order valence-corrected chi connectivity index (χ3v) is 6.44. The van der Waals surface area contributed by atoms with Gasteiger partial charge >= 0.3 is 5.97 Å². The molecule has 3 aromatic rings. The summed E-state index contributed by atoms with van der Waals surface area (Å²) in [4.78, 5) is 21.0. The second kappa shape index (κ2) is 10.1. The van der Waals surface area contributed by atoms with Crippen LogP contribution in [0.15, 0.2) is 60.3 Å². The van der Waals surface area contributed by atoms with Gasteiger partial charge in [0.1, 0.15) is 24.0 Å². The van der Waals surface area contributed by atoms with E-state index in [4.69, 9.17) is 4.74 Å². The van der Waals surface area contributed by atoms with Crippen LogP contribution in [-0.4, -0.2) is 41.6 Å². The SMILES string of the molecule is C=CCOC(=O)[C@H](CC(C)C)NS(=O)(=O)c1ccc(Cn2c(C)nc3cnccc32)cc1. The molecule has 0 bridgehead atoms. The summed E-state index contributed by atoms with van der Waals surface area (Å²) in [7, 11) is -3.90. The van der Waals surface area contributed by atoms with Crippen LogP contribution in [0, 0.1) is 12.8 Å². The quantitative estimate of drug-likeness (QED) is 0.371. The maximum atomic E-state index is 12.9. The summed E-state index contributed by atoms with van der Waals surface area (Å²) in [5, 5.41) is 0. The average Bonchev–Trinajstić information content (AvgIpc) is 3.06. The second-order valence-electron chi connectivity index (χ2n) is 7.98. The molecule has 0 saturated heterocycles. The Morgan fingerprint density at radius 3 is 2.62 bits per heavy atom. The smallest absolute Gasteiger partial charge is 0.324 e. The average molecular weight is 457 g/mol. The molecule has 0 aliphatic carbocycles. The Kier molecular flexibility index (Phi) is 7.42. The van der Waals surface area contributed by atoms with E-state index in [1.165, 1.54) is 18.2 Å². The van der Waals surface area contributed by atoms with Crippen molar-refractivity contribution < 1.29 is 17.9 Å². The molecule has 170 valence electrons. The van der Waals surface area contributed by atoms with Gasteiger partial charge in [-0.25, -0.2) is 13.4 Å². The van der Waals surface area contributed by atoms with Crippen LogP contribution in [0.5, 0.6) is 0 Å². The van der Waals surface area contributed by atoms with Gasteiger partial charge in [0.2, 0.25) is 10.0 Å². The number of aryl methyl sites for hydroxylation is 1. The van der Waals surface area contributed by atoms with Gasteiger partial charge in [-0.2, -0.15) is 4.72 Å². The standard InChI is InChI=1S/C23H28N4O4S/c1-5-12-31-23(28)20(13-16(2)3)26-32(29,30)19-8-6-18(7-9-19)15-27-17(4)25-21-14-24-11-10-22(21)27/h5-11,14,16,20,26H,1,12-13,15H2,2-4H3/t20-/m0/s1. The van der Waals surface area contributed by atoms with Gasteiger partial charge in [-0.3, -0.25) is 9.78 Å². The van der Waals surface area contributed by atoms with Gasteiger partial charge in [-0.15, -0.1) is 0 Å². The van der Waals surface area contributed by atoms with Gasteiger partial charge in [0.25, 0.3) is 0 Å². The number of nitrogens with one attached hydrogen (secondary N) is 1. The number of aromatic nitrogens is 3. The molecule has 0 fully saturated rings. The Morgan fingerprint density at radius 1 is 1.25 bits per heavy atom. The summed E-state index contributed by atoms with van der Waals surface area (Å²) in [5.74, 6) is 0.335. The molecule has 2 heterocycles. The monoisotopic (exact) mass is 456 g/mol. The van der Waals surface area contributed by atoms with E-state index in [1.807, 2.05) is 31.4 Å². The van der Waals surface area contributed by atoms with Crippen LogP contribution in [0.1, 0.15) is 31.7 Å². The summed E-state index contributed by atoms with van der Waals surface area (Å²) >= 11 is 0. The summed E-state index contributed by atoms with van der Waals surface area (Å²) in [6.45, 7) is 9.83. The van der Waals surface area contributed by atoms with E-state index in [2.05, 4.69) is 21.3 Å². The second-order valence-corrected chi connectivity index (χ2v) is 9.69. The van der Waals surface area contributed by atoms with Crippen molar-refractivity contribution in [3.05, 3.63) is 66.8 Å². The van der Waals surface area contributed by atoms with Gasteiger partial charge in [-0.1, -0.05) is 38.6 Å². The van der Waals surface area contributed by atoms with Crippen LogP contribution in [0.25, 0.3) is 11.0 Å². The fourth-order valence-corrected chi connectivity index (χ4v) is 4.62. The van der Waals surface area contributed by atoms with Crippen LogP contribution < -0.4 is 4.72 Å². The van der Waals surface area contributed by atoms with E-state index in [1.54, 1.807) is 24.5 Å². The number of pyridine rings is 1. The highest BCUT2D eigenvalue weighted by Gasteiger charge is 2.27. The van der Waals surface area contributed by atoms with Crippen LogP contribution in [-0.2, 0) is 26.1 Å². The third kappa shape index (κ3) is 5.60. The number of carbonyl (C=O) groups is 1. The first kappa shape index (κ1) is 23.6. The molecule has 1 aromatic carbocycles. The van der Waals surface area contributed by atoms with Gasteiger partial charge in [-0.05, 0) is 43.0 Å². The Morgan fingerprint density at radius 2 is 1.97 bits per heavy atom. The molecule has 0 unspecified atom stereocenters. The van der Waals surface area contributed by atoms with Crippen molar-refractivity contribution in [1.82, 2.24) is 19.3 Å². The summed E-state index contributed by atoms with van der Waals surface area (Å²) < 4.78 is 35.4. The number of hydrogen-bond acceptors (Lipinski definition) is 6. The number of rotatable bonds is 10.